The molecule has 0 aromatic carbocycles. The summed E-state index contributed by atoms with van der Waals surface area (Å²) >= 11 is 1.29. The molecule has 2 heterocycles. The Morgan fingerprint density at radius 1 is 1.38 bits per heavy atom. The Kier molecular flexibility index (Phi) is 5.39. The first-order chi connectivity index (χ1) is 9.89. The minimum Gasteiger partial charge on any atom is -0.384 e. The molecule has 2 rings (SSSR count). The molecule has 1 atom stereocenters. The van der Waals surface area contributed by atoms with Gasteiger partial charge in [0.05, 0.1) is 13.2 Å². The van der Waals surface area contributed by atoms with Crippen molar-refractivity contribution in [3.8, 4) is 0 Å². The predicted octanol–water partition coefficient (Wildman–Crippen LogP) is 1.80. The maximum Gasteiger partial charge on any atom is 0.401 e. The summed E-state index contributed by atoms with van der Waals surface area (Å²) in [6.07, 6.45) is -3.50. The summed E-state index contributed by atoms with van der Waals surface area (Å²) in [4.78, 5) is 7.89. The highest BCUT2D eigenvalue weighted by Crippen LogP contribution is 2.24. The van der Waals surface area contributed by atoms with Crippen molar-refractivity contribution < 1.29 is 17.9 Å². The standard InChI is InChI=1S/C12H19F3N4OS/c1-9-7-18(4-5-19(9)8-12(13,14)15)11-16-10(17-21-11)3-6-20-2/h9H,3-8H2,1-2H3. The van der Waals surface area contributed by atoms with Crippen molar-refractivity contribution in [3.63, 3.8) is 0 Å². The number of hydrogen-bond acceptors (Lipinski definition) is 6. The SMILES string of the molecule is COCCc1nsc(N2CCN(CC(F)(F)F)C(C)C2)n1. The van der Waals surface area contributed by atoms with Gasteiger partial charge in [-0.1, -0.05) is 0 Å². The van der Waals surface area contributed by atoms with Crippen molar-refractivity contribution in [3.05, 3.63) is 5.82 Å². The summed E-state index contributed by atoms with van der Waals surface area (Å²) in [6, 6.07) is -0.160. The van der Waals surface area contributed by atoms with E-state index in [2.05, 4.69) is 9.36 Å². The highest BCUT2D eigenvalue weighted by molar-refractivity contribution is 7.09. The molecule has 0 bridgehead atoms. The van der Waals surface area contributed by atoms with Gasteiger partial charge in [0.15, 0.2) is 0 Å². The van der Waals surface area contributed by atoms with E-state index in [0.29, 0.717) is 32.7 Å². The molecule has 21 heavy (non-hydrogen) atoms. The van der Waals surface area contributed by atoms with Crippen molar-refractivity contribution in [1.29, 1.82) is 0 Å². The van der Waals surface area contributed by atoms with Crippen LogP contribution in [0, 0.1) is 0 Å². The second kappa shape index (κ2) is 6.89. The van der Waals surface area contributed by atoms with E-state index in [-0.39, 0.29) is 6.04 Å². The first-order valence-corrected chi connectivity index (χ1v) is 7.53. The Morgan fingerprint density at radius 2 is 2.14 bits per heavy atom. The summed E-state index contributed by atoms with van der Waals surface area (Å²) in [6.45, 7) is 2.98. The number of nitrogens with zero attached hydrogens (tertiary/aromatic N) is 4. The van der Waals surface area contributed by atoms with Gasteiger partial charge in [-0.2, -0.15) is 17.5 Å². The van der Waals surface area contributed by atoms with Gasteiger partial charge in [0, 0.05) is 50.7 Å². The Hall–Kier alpha value is -0.930. The molecule has 1 aromatic heterocycles. The molecule has 0 saturated carbocycles. The van der Waals surface area contributed by atoms with Gasteiger partial charge in [0.2, 0.25) is 5.13 Å². The highest BCUT2D eigenvalue weighted by atomic mass is 32.1. The number of anilines is 1. The lowest BCUT2D eigenvalue weighted by Gasteiger charge is -2.39. The van der Waals surface area contributed by atoms with Gasteiger partial charge in [0.1, 0.15) is 5.82 Å². The second-order valence-corrected chi connectivity index (χ2v) is 5.85. The number of ether oxygens (including phenoxy) is 1. The van der Waals surface area contributed by atoms with Crippen LogP contribution < -0.4 is 4.90 Å². The smallest absolute Gasteiger partial charge is 0.384 e. The molecule has 1 fully saturated rings. The van der Waals surface area contributed by atoms with Crippen LogP contribution in [0.15, 0.2) is 0 Å². The van der Waals surface area contributed by atoms with Crippen LogP contribution in [0.5, 0.6) is 0 Å². The van der Waals surface area contributed by atoms with Crippen molar-refractivity contribution in [2.75, 3.05) is 44.8 Å². The summed E-state index contributed by atoms with van der Waals surface area (Å²) in [7, 11) is 1.62. The number of aromatic nitrogens is 2. The number of alkyl halides is 3. The maximum atomic E-state index is 12.5. The zero-order chi connectivity index (χ0) is 15.5. The van der Waals surface area contributed by atoms with Crippen molar-refractivity contribution in [2.45, 2.75) is 25.6 Å². The van der Waals surface area contributed by atoms with Crippen LogP contribution in [0.4, 0.5) is 18.3 Å². The fraction of sp³-hybridized carbons (Fsp3) is 0.833. The van der Waals surface area contributed by atoms with Crippen molar-refractivity contribution >= 4 is 16.7 Å². The van der Waals surface area contributed by atoms with Crippen LogP contribution in [0.3, 0.4) is 0 Å². The molecule has 5 nitrogen and oxygen atoms in total. The molecule has 120 valence electrons. The molecule has 1 unspecified atom stereocenters. The van der Waals surface area contributed by atoms with Gasteiger partial charge in [-0.05, 0) is 6.92 Å². The third-order valence-electron chi connectivity index (χ3n) is 3.41. The van der Waals surface area contributed by atoms with Crippen LogP contribution >= 0.6 is 11.5 Å². The van der Waals surface area contributed by atoms with Crippen LogP contribution in [0.25, 0.3) is 0 Å². The fourth-order valence-corrected chi connectivity index (χ4v) is 3.05. The molecule has 0 aliphatic carbocycles. The van der Waals surface area contributed by atoms with Gasteiger partial charge in [-0.25, -0.2) is 4.98 Å². The van der Waals surface area contributed by atoms with Crippen LogP contribution in [-0.4, -0.2) is 66.4 Å². The van der Waals surface area contributed by atoms with Gasteiger partial charge < -0.3 is 9.64 Å². The number of methoxy groups -OCH3 is 1. The minimum atomic E-state index is -4.15. The Morgan fingerprint density at radius 3 is 2.76 bits per heavy atom. The predicted molar refractivity (Wildman–Crippen MR) is 74.8 cm³/mol. The third kappa shape index (κ3) is 4.79. The van der Waals surface area contributed by atoms with Crippen molar-refractivity contribution in [2.24, 2.45) is 0 Å². The number of rotatable bonds is 5. The Bertz CT molecular complexity index is 454. The van der Waals surface area contributed by atoms with E-state index in [1.165, 1.54) is 16.4 Å². The highest BCUT2D eigenvalue weighted by Gasteiger charge is 2.35. The molecule has 1 aliphatic heterocycles. The van der Waals surface area contributed by atoms with Gasteiger partial charge >= 0.3 is 6.18 Å². The minimum absolute atomic E-state index is 0.160. The Balaban J connectivity index is 1.91. The van der Waals surface area contributed by atoms with Crippen LogP contribution in [0.1, 0.15) is 12.7 Å². The van der Waals surface area contributed by atoms with Crippen LogP contribution in [0.2, 0.25) is 0 Å². The lowest BCUT2D eigenvalue weighted by Crippen LogP contribution is -2.54. The van der Waals surface area contributed by atoms with Gasteiger partial charge in [-0.3, -0.25) is 4.90 Å². The maximum absolute atomic E-state index is 12.5. The van der Waals surface area contributed by atoms with Gasteiger partial charge in [-0.15, -0.1) is 0 Å². The first-order valence-electron chi connectivity index (χ1n) is 6.76. The van der Waals surface area contributed by atoms with E-state index in [1.807, 2.05) is 11.8 Å². The molecule has 9 heteroatoms. The zero-order valence-electron chi connectivity index (χ0n) is 12.1. The third-order valence-corrected chi connectivity index (χ3v) is 4.22. The molecule has 1 saturated heterocycles. The largest absolute Gasteiger partial charge is 0.401 e. The van der Waals surface area contributed by atoms with E-state index in [0.717, 1.165) is 11.0 Å². The number of halogens is 3. The number of piperazine rings is 1. The Labute approximate surface area is 125 Å². The average molecular weight is 324 g/mol. The molecular formula is C12H19F3N4OS. The summed E-state index contributed by atoms with van der Waals surface area (Å²) in [5, 5.41) is 0.777. The average Bonchev–Trinajstić information content (AvgIpc) is 2.86. The van der Waals surface area contributed by atoms with E-state index in [9.17, 15) is 13.2 Å². The molecular weight excluding hydrogens is 305 g/mol. The zero-order valence-corrected chi connectivity index (χ0v) is 12.9. The molecule has 0 spiro atoms. The van der Waals surface area contributed by atoms with Crippen molar-refractivity contribution in [1.82, 2.24) is 14.3 Å². The quantitative estimate of drug-likeness (QED) is 0.826. The number of hydrogen-bond donors (Lipinski definition) is 0. The molecule has 0 N–H and O–H groups in total. The summed E-state index contributed by atoms with van der Waals surface area (Å²) < 4.78 is 46.6. The van der Waals surface area contributed by atoms with Gasteiger partial charge in [0.25, 0.3) is 0 Å². The normalized spacial score (nSPS) is 21.0. The van der Waals surface area contributed by atoms with Crippen LogP contribution in [-0.2, 0) is 11.2 Å². The first kappa shape index (κ1) is 16.4. The molecule has 1 aromatic rings. The molecule has 0 radical (unpaired) electrons. The monoisotopic (exact) mass is 324 g/mol. The van der Waals surface area contributed by atoms with E-state index in [1.54, 1.807) is 7.11 Å². The molecule has 1 aliphatic rings. The lowest BCUT2D eigenvalue weighted by molar-refractivity contribution is -0.150. The fourth-order valence-electron chi connectivity index (χ4n) is 2.30. The topological polar surface area (TPSA) is 41.5 Å². The van der Waals surface area contributed by atoms with E-state index < -0.39 is 12.7 Å². The molecule has 0 amide bonds. The summed E-state index contributed by atoms with van der Waals surface area (Å²) in [5.74, 6) is 0.724. The summed E-state index contributed by atoms with van der Waals surface area (Å²) in [5.41, 5.74) is 0. The van der Waals surface area contributed by atoms with E-state index in [4.69, 9.17) is 4.74 Å². The second-order valence-electron chi connectivity index (χ2n) is 5.12. The van der Waals surface area contributed by atoms with E-state index >= 15 is 0 Å². The lowest BCUT2D eigenvalue weighted by atomic mass is 10.2.